The molecule has 2 atom stereocenters. The molecule has 118 valence electrons. The highest BCUT2D eigenvalue weighted by atomic mass is 35.5. The van der Waals surface area contributed by atoms with Crippen LogP contribution in [0.4, 0.5) is 5.69 Å². The maximum absolute atomic E-state index is 12.4. The van der Waals surface area contributed by atoms with Crippen LogP contribution in [0.3, 0.4) is 0 Å². The number of amides is 1. The monoisotopic (exact) mass is 319 g/mol. The van der Waals surface area contributed by atoms with Crippen LogP contribution in [-0.2, 0) is 4.79 Å². The number of likely N-dealkylation sites (tertiary alicyclic amines) is 1. The molecule has 0 saturated carbocycles. The van der Waals surface area contributed by atoms with E-state index in [4.69, 9.17) is 11.6 Å². The van der Waals surface area contributed by atoms with Gasteiger partial charge >= 0.3 is 0 Å². The third-order valence-corrected chi connectivity index (χ3v) is 4.13. The van der Waals surface area contributed by atoms with Crippen molar-refractivity contribution in [3.63, 3.8) is 0 Å². The standard InChI is InChI=1S/C17H22ClN3O/c1-17(2,3)10-14-8-9-15(21(14)11-19)16(22)20-13-6-4-12(18)5-7-13/h4-7,14-15H,8-10H2,1-3H3,(H,20,22). The normalized spacial score (nSPS) is 21.5. The summed E-state index contributed by atoms with van der Waals surface area (Å²) in [5.74, 6) is -0.125. The average molecular weight is 320 g/mol. The third kappa shape index (κ3) is 4.14. The molecule has 1 aromatic rings. The second-order valence-corrected chi connectivity index (χ2v) is 7.45. The molecule has 0 bridgehead atoms. The van der Waals surface area contributed by atoms with Crippen LogP contribution in [0.1, 0.15) is 40.0 Å². The SMILES string of the molecule is CC(C)(C)CC1CCC(C(=O)Nc2ccc(Cl)cc2)N1C#N. The molecule has 1 aliphatic heterocycles. The van der Waals surface area contributed by atoms with E-state index in [0.29, 0.717) is 17.1 Å². The van der Waals surface area contributed by atoms with Crippen LogP contribution in [0, 0.1) is 16.9 Å². The molecule has 1 aliphatic rings. The number of carbonyl (C=O) groups excluding carboxylic acids is 1. The highest BCUT2D eigenvalue weighted by molar-refractivity contribution is 6.30. The summed E-state index contributed by atoms with van der Waals surface area (Å²) in [5, 5.41) is 12.9. The van der Waals surface area contributed by atoms with Gasteiger partial charge in [-0.3, -0.25) is 9.69 Å². The highest BCUT2D eigenvalue weighted by Gasteiger charge is 2.38. The van der Waals surface area contributed by atoms with Crippen LogP contribution in [0.2, 0.25) is 5.02 Å². The molecular weight excluding hydrogens is 298 g/mol. The Morgan fingerprint density at radius 2 is 2.00 bits per heavy atom. The van der Waals surface area contributed by atoms with Crippen molar-refractivity contribution in [1.29, 1.82) is 5.26 Å². The Morgan fingerprint density at radius 1 is 1.36 bits per heavy atom. The molecule has 2 rings (SSSR count). The van der Waals surface area contributed by atoms with Crippen molar-refractivity contribution < 1.29 is 4.79 Å². The number of anilines is 1. The molecule has 0 spiro atoms. The van der Waals surface area contributed by atoms with Crippen molar-refractivity contribution in [2.75, 3.05) is 5.32 Å². The first-order valence-corrected chi connectivity index (χ1v) is 7.92. The fourth-order valence-corrected chi connectivity index (χ4v) is 3.08. The van der Waals surface area contributed by atoms with E-state index in [-0.39, 0.29) is 23.4 Å². The fraction of sp³-hybridized carbons (Fsp3) is 0.529. The number of nitriles is 1. The number of carbonyl (C=O) groups is 1. The van der Waals surface area contributed by atoms with Crippen LogP contribution < -0.4 is 5.32 Å². The Kier molecular flexibility index (Phi) is 4.97. The van der Waals surface area contributed by atoms with E-state index < -0.39 is 0 Å². The minimum atomic E-state index is -0.381. The summed E-state index contributed by atoms with van der Waals surface area (Å²) >= 11 is 5.84. The van der Waals surface area contributed by atoms with E-state index in [1.54, 1.807) is 29.2 Å². The molecule has 0 radical (unpaired) electrons. The maximum atomic E-state index is 12.4. The van der Waals surface area contributed by atoms with Crippen LogP contribution in [0.25, 0.3) is 0 Å². The van der Waals surface area contributed by atoms with Gasteiger partial charge < -0.3 is 5.32 Å². The Morgan fingerprint density at radius 3 is 2.55 bits per heavy atom. The minimum Gasteiger partial charge on any atom is -0.324 e. The van der Waals surface area contributed by atoms with Gasteiger partial charge in [-0.05, 0) is 48.9 Å². The van der Waals surface area contributed by atoms with E-state index in [1.165, 1.54) is 0 Å². The van der Waals surface area contributed by atoms with Gasteiger partial charge in [0, 0.05) is 16.8 Å². The smallest absolute Gasteiger partial charge is 0.247 e. The van der Waals surface area contributed by atoms with E-state index in [9.17, 15) is 10.1 Å². The molecule has 4 nitrogen and oxygen atoms in total. The summed E-state index contributed by atoms with van der Waals surface area (Å²) in [6.45, 7) is 6.47. The second-order valence-electron chi connectivity index (χ2n) is 7.02. The van der Waals surface area contributed by atoms with Crippen LogP contribution in [0.5, 0.6) is 0 Å². The summed E-state index contributed by atoms with van der Waals surface area (Å²) in [6, 6.07) is 6.75. The molecule has 1 fully saturated rings. The van der Waals surface area contributed by atoms with Gasteiger partial charge in [0.25, 0.3) is 0 Å². The lowest BCUT2D eigenvalue weighted by Crippen LogP contribution is -2.41. The molecule has 2 unspecified atom stereocenters. The quantitative estimate of drug-likeness (QED) is 0.856. The summed E-state index contributed by atoms with van der Waals surface area (Å²) in [6.07, 6.45) is 4.72. The van der Waals surface area contributed by atoms with Gasteiger partial charge in [-0.1, -0.05) is 32.4 Å². The van der Waals surface area contributed by atoms with Gasteiger partial charge in [0.05, 0.1) is 0 Å². The molecule has 1 N–H and O–H groups in total. The van der Waals surface area contributed by atoms with Crippen LogP contribution in [-0.4, -0.2) is 22.9 Å². The summed E-state index contributed by atoms with van der Waals surface area (Å²) in [7, 11) is 0. The summed E-state index contributed by atoms with van der Waals surface area (Å²) in [5.41, 5.74) is 0.841. The maximum Gasteiger partial charge on any atom is 0.247 e. The van der Waals surface area contributed by atoms with E-state index in [1.807, 2.05) is 0 Å². The first-order chi connectivity index (χ1) is 10.3. The fourth-order valence-electron chi connectivity index (χ4n) is 2.96. The molecule has 0 aliphatic carbocycles. The predicted molar refractivity (Wildman–Crippen MR) is 88.4 cm³/mol. The number of hydrogen-bond donors (Lipinski definition) is 1. The molecule has 1 heterocycles. The topological polar surface area (TPSA) is 56.1 Å². The van der Waals surface area contributed by atoms with Crippen LogP contribution >= 0.6 is 11.6 Å². The van der Waals surface area contributed by atoms with Gasteiger partial charge in [-0.2, -0.15) is 5.26 Å². The molecular formula is C17H22ClN3O. The Labute approximate surface area is 137 Å². The first kappa shape index (κ1) is 16.6. The van der Waals surface area contributed by atoms with Gasteiger partial charge in [0.2, 0.25) is 5.91 Å². The van der Waals surface area contributed by atoms with Crippen molar-refractivity contribution in [2.45, 2.75) is 52.1 Å². The number of nitrogens with one attached hydrogen (secondary N) is 1. The van der Waals surface area contributed by atoms with Crippen molar-refractivity contribution >= 4 is 23.2 Å². The highest BCUT2D eigenvalue weighted by Crippen LogP contribution is 2.33. The number of halogens is 1. The van der Waals surface area contributed by atoms with Crippen molar-refractivity contribution in [3.8, 4) is 6.19 Å². The van der Waals surface area contributed by atoms with Gasteiger partial charge in [0.15, 0.2) is 6.19 Å². The number of benzene rings is 1. The van der Waals surface area contributed by atoms with E-state index in [2.05, 4.69) is 32.3 Å². The molecule has 1 amide bonds. The second kappa shape index (κ2) is 6.58. The Balaban J connectivity index is 2.04. The number of rotatable bonds is 3. The van der Waals surface area contributed by atoms with Crippen molar-refractivity contribution in [2.24, 2.45) is 5.41 Å². The van der Waals surface area contributed by atoms with Crippen molar-refractivity contribution in [1.82, 2.24) is 4.90 Å². The molecule has 1 aromatic carbocycles. The summed E-state index contributed by atoms with van der Waals surface area (Å²) < 4.78 is 0. The molecule has 1 saturated heterocycles. The van der Waals surface area contributed by atoms with Crippen molar-refractivity contribution in [3.05, 3.63) is 29.3 Å². The molecule has 0 aromatic heterocycles. The zero-order chi connectivity index (χ0) is 16.3. The third-order valence-electron chi connectivity index (χ3n) is 3.88. The van der Waals surface area contributed by atoms with Gasteiger partial charge in [-0.15, -0.1) is 0 Å². The minimum absolute atomic E-state index is 0.125. The largest absolute Gasteiger partial charge is 0.324 e. The van der Waals surface area contributed by atoms with Gasteiger partial charge in [0.1, 0.15) is 6.04 Å². The number of nitrogens with zero attached hydrogens (tertiary/aromatic N) is 2. The van der Waals surface area contributed by atoms with E-state index in [0.717, 1.165) is 12.8 Å². The lowest BCUT2D eigenvalue weighted by molar-refractivity contribution is -0.119. The molecule has 22 heavy (non-hydrogen) atoms. The van der Waals surface area contributed by atoms with Crippen LogP contribution in [0.15, 0.2) is 24.3 Å². The predicted octanol–water partition coefficient (Wildman–Crippen LogP) is 4.03. The average Bonchev–Trinajstić information content (AvgIpc) is 2.82. The lowest BCUT2D eigenvalue weighted by Gasteiger charge is -2.29. The van der Waals surface area contributed by atoms with E-state index >= 15 is 0 Å². The molecule has 5 heteroatoms. The van der Waals surface area contributed by atoms with Gasteiger partial charge in [-0.25, -0.2) is 0 Å². The summed E-state index contributed by atoms with van der Waals surface area (Å²) in [4.78, 5) is 14.1. The Hall–Kier alpha value is -1.73. The first-order valence-electron chi connectivity index (χ1n) is 7.55. The zero-order valence-corrected chi connectivity index (χ0v) is 14.0. The Bertz CT molecular complexity index is 571. The lowest BCUT2D eigenvalue weighted by atomic mass is 9.87. The number of hydrogen-bond acceptors (Lipinski definition) is 3. The zero-order valence-electron chi connectivity index (χ0n) is 13.3.